The van der Waals surface area contributed by atoms with Crippen molar-refractivity contribution in [2.45, 2.75) is 13.8 Å². The molecule has 7 heteroatoms. The van der Waals surface area contributed by atoms with Gasteiger partial charge < -0.3 is 5.32 Å². The molecule has 0 aliphatic rings. The number of aryl methyl sites for hydroxylation is 1. The van der Waals surface area contributed by atoms with E-state index in [-0.39, 0.29) is 12.5 Å². The first-order valence-corrected chi connectivity index (χ1v) is 10.2. The Kier molecular flexibility index (Phi) is 5.87. The Morgan fingerprint density at radius 1 is 1.12 bits per heavy atom. The van der Waals surface area contributed by atoms with Crippen molar-refractivity contribution >= 4 is 49.9 Å². The fourth-order valence-corrected chi connectivity index (χ4v) is 3.52. The van der Waals surface area contributed by atoms with Gasteiger partial charge in [-0.3, -0.25) is 9.10 Å². The first-order valence-electron chi connectivity index (χ1n) is 7.28. The lowest BCUT2D eigenvalue weighted by atomic mass is 10.1. The summed E-state index contributed by atoms with van der Waals surface area (Å²) < 4.78 is 26.5. The van der Waals surface area contributed by atoms with Crippen LogP contribution in [0.3, 0.4) is 0 Å². The molecule has 0 saturated heterocycles. The molecule has 0 unspecified atom stereocenters. The predicted molar refractivity (Wildman–Crippen MR) is 106 cm³/mol. The van der Waals surface area contributed by atoms with Crippen LogP contribution in [0.25, 0.3) is 0 Å². The zero-order valence-electron chi connectivity index (χ0n) is 13.7. The van der Waals surface area contributed by atoms with Gasteiger partial charge in [-0.1, -0.05) is 12.1 Å². The molecule has 2 aromatic rings. The number of sulfonamides is 1. The normalized spacial score (nSPS) is 11.2. The maximum Gasteiger partial charge on any atom is 0.245 e. The SMILES string of the molecule is Cc1cccc(N(CC(=O)Nc2ccc(I)cc2)S(C)(=O)=O)c1C. The van der Waals surface area contributed by atoms with E-state index >= 15 is 0 Å². The van der Waals surface area contributed by atoms with E-state index in [0.29, 0.717) is 11.4 Å². The number of benzene rings is 2. The van der Waals surface area contributed by atoms with Gasteiger partial charge in [-0.2, -0.15) is 0 Å². The number of hydrogen-bond acceptors (Lipinski definition) is 3. The highest BCUT2D eigenvalue weighted by atomic mass is 127. The lowest BCUT2D eigenvalue weighted by Crippen LogP contribution is -2.38. The Morgan fingerprint density at radius 2 is 1.75 bits per heavy atom. The van der Waals surface area contributed by atoms with Crippen molar-refractivity contribution in [2.75, 3.05) is 22.4 Å². The molecule has 0 saturated carbocycles. The molecule has 0 bridgehead atoms. The summed E-state index contributed by atoms with van der Waals surface area (Å²) in [5, 5.41) is 2.73. The molecule has 0 fully saturated rings. The number of halogens is 1. The topological polar surface area (TPSA) is 66.5 Å². The van der Waals surface area contributed by atoms with Crippen molar-refractivity contribution in [3.8, 4) is 0 Å². The van der Waals surface area contributed by atoms with Gasteiger partial charge in [0.15, 0.2) is 0 Å². The van der Waals surface area contributed by atoms with E-state index in [9.17, 15) is 13.2 Å². The van der Waals surface area contributed by atoms with Crippen molar-refractivity contribution in [3.63, 3.8) is 0 Å². The van der Waals surface area contributed by atoms with E-state index in [1.165, 1.54) is 0 Å². The number of carbonyl (C=O) groups is 1. The van der Waals surface area contributed by atoms with Crippen LogP contribution < -0.4 is 9.62 Å². The third kappa shape index (κ3) is 4.70. The summed E-state index contributed by atoms with van der Waals surface area (Å²) >= 11 is 2.17. The van der Waals surface area contributed by atoms with Crippen LogP contribution >= 0.6 is 22.6 Å². The van der Waals surface area contributed by atoms with Gasteiger partial charge in [0.25, 0.3) is 0 Å². The van der Waals surface area contributed by atoms with E-state index < -0.39 is 10.0 Å². The first-order chi connectivity index (χ1) is 11.2. The molecule has 24 heavy (non-hydrogen) atoms. The molecule has 0 aromatic heterocycles. The van der Waals surface area contributed by atoms with Crippen LogP contribution in [0.15, 0.2) is 42.5 Å². The Labute approximate surface area is 156 Å². The van der Waals surface area contributed by atoms with E-state index in [4.69, 9.17) is 0 Å². The van der Waals surface area contributed by atoms with Gasteiger partial charge >= 0.3 is 0 Å². The summed E-state index contributed by atoms with van der Waals surface area (Å²) in [5.41, 5.74) is 2.97. The third-order valence-corrected chi connectivity index (χ3v) is 5.51. The number of nitrogens with zero attached hydrogens (tertiary/aromatic N) is 1. The second kappa shape index (κ2) is 7.52. The van der Waals surface area contributed by atoms with Crippen molar-refractivity contribution in [1.82, 2.24) is 0 Å². The molecule has 1 amide bonds. The average Bonchev–Trinajstić information content (AvgIpc) is 2.49. The Balaban J connectivity index is 2.25. The lowest BCUT2D eigenvalue weighted by Gasteiger charge is -2.24. The van der Waals surface area contributed by atoms with Crippen LogP contribution in [0.4, 0.5) is 11.4 Å². The maximum absolute atomic E-state index is 12.3. The van der Waals surface area contributed by atoms with Crippen molar-refractivity contribution in [1.29, 1.82) is 0 Å². The molecule has 1 N–H and O–H groups in total. The zero-order chi connectivity index (χ0) is 17.9. The molecule has 0 heterocycles. The lowest BCUT2D eigenvalue weighted by molar-refractivity contribution is -0.114. The van der Waals surface area contributed by atoms with Gasteiger partial charge in [-0.05, 0) is 77.9 Å². The van der Waals surface area contributed by atoms with Gasteiger partial charge in [-0.25, -0.2) is 8.42 Å². The number of carbonyl (C=O) groups excluding carboxylic acids is 1. The standard InChI is InChI=1S/C17H19IN2O3S/c1-12-5-4-6-16(13(12)2)20(24(3,22)23)11-17(21)19-15-9-7-14(18)8-10-15/h4-10H,11H2,1-3H3,(H,19,21). The molecule has 0 spiro atoms. The van der Waals surface area contributed by atoms with Crippen molar-refractivity contribution in [3.05, 3.63) is 57.2 Å². The molecule has 5 nitrogen and oxygen atoms in total. The molecule has 2 aromatic carbocycles. The summed E-state index contributed by atoms with van der Waals surface area (Å²) in [6, 6.07) is 12.7. The number of hydrogen-bond donors (Lipinski definition) is 1. The largest absolute Gasteiger partial charge is 0.325 e. The van der Waals surface area contributed by atoms with Gasteiger partial charge in [0.05, 0.1) is 11.9 Å². The monoisotopic (exact) mass is 458 g/mol. The average molecular weight is 458 g/mol. The van der Waals surface area contributed by atoms with E-state index in [2.05, 4.69) is 27.9 Å². The van der Waals surface area contributed by atoms with Crippen LogP contribution in [0.2, 0.25) is 0 Å². The summed E-state index contributed by atoms with van der Waals surface area (Å²) in [5.74, 6) is -0.387. The molecule has 0 aliphatic carbocycles. The van der Waals surface area contributed by atoms with E-state index in [1.807, 2.05) is 32.0 Å². The van der Waals surface area contributed by atoms with Gasteiger partial charge in [-0.15, -0.1) is 0 Å². The Morgan fingerprint density at radius 3 is 2.33 bits per heavy atom. The molecule has 0 atom stereocenters. The van der Waals surface area contributed by atoms with Gasteiger partial charge in [0.1, 0.15) is 6.54 Å². The number of rotatable bonds is 5. The van der Waals surface area contributed by atoms with Crippen LogP contribution in [0, 0.1) is 17.4 Å². The van der Waals surface area contributed by atoms with Gasteiger partial charge in [0, 0.05) is 9.26 Å². The smallest absolute Gasteiger partial charge is 0.245 e. The quantitative estimate of drug-likeness (QED) is 0.700. The minimum Gasteiger partial charge on any atom is -0.325 e. The maximum atomic E-state index is 12.3. The van der Waals surface area contributed by atoms with E-state index in [1.54, 1.807) is 24.3 Å². The highest BCUT2D eigenvalue weighted by Crippen LogP contribution is 2.25. The van der Waals surface area contributed by atoms with Crippen LogP contribution in [-0.2, 0) is 14.8 Å². The number of anilines is 2. The summed E-state index contributed by atoms with van der Waals surface area (Å²) in [6.07, 6.45) is 1.10. The Hall–Kier alpha value is -1.61. The highest BCUT2D eigenvalue weighted by molar-refractivity contribution is 14.1. The first kappa shape index (κ1) is 18.7. The summed E-state index contributed by atoms with van der Waals surface area (Å²) in [7, 11) is -3.58. The van der Waals surface area contributed by atoms with Gasteiger partial charge in [0.2, 0.25) is 15.9 Å². The Bertz CT molecular complexity index is 849. The van der Waals surface area contributed by atoms with Crippen molar-refractivity contribution in [2.24, 2.45) is 0 Å². The molecule has 2 rings (SSSR count). The van der Waals surface area contributed by atoms with Crippen LogP contribution in [0.1, 0.15) is 11.1 Å². The number of amides is 1. The molecule has 128 valence electrons. The second-order valence-corrected chi connectivity index (χ2v) is 8.70. The minimum absolute atomic E-state index is 0.269. The molecule has 0 radical (unpaired) electrons. The zero-order valence-corrected chi connectivity index (χ0v) is 16.7. The predicted octanol–water partition coefficient (Wildman–Crippen LogP) is 3.31. The highest BCUT2D eigenvalue weighted by Gasteiger charge is 2.22. The third-order valence-electron chi connectivity index (χ3n) is 3.66. The van der Waals surface area contributed by atoms with Crippen LogP contribution in [0.5, 0.6) is 0 Å². The number of nitrogens with one attached hydrogen (secondary N) is 1. The summed E-state index contributed by atoms with van der Waals surface area (Å²) in [6.45, 7) is 3.49. The van der Waals surface area contributed by atoms with Crippen molar-refractivity contribution < 1.29 is 13.2 Å². The molecular weight excluding hydrogens is 439 g/mol. The minimum atomic E-state index is -3.58. The fraction of sp³-hybridized carbons (Fsp3) is 0.235. The summed E-state index contributed by atoms with van der Waals surface area (Å²) in [4.78, 5) is 12.3. The fourth-order valence-electron chi connectivity index (χ4n) is 2.25. The second-order valence-electron chi connectivity index (χ2n) is 5.54. The van der Waals surface area contributed by atoms with Crippen LogP contribution in [-0.4, -0.2) is 27.1 Å². The molecular formula is C17H19IN2O3S. The van der Waals surface area contributed by atoms with E-state index in [0.717, 1.165) is 25.3 Å². The molecule has 0 aliphatic heterocycles.